The molecule has 0 atom stereocenters. The van der Waals surface area contributed by atoms with E-state index in [2.05, 4.69) is 11.2 Å². The van der Waals surface area contributed by atoms with Gasteiger partial charge in [0.25, 0.3) is 0 Å². The predicted octanol–water partition coefficient (Wildman–Crippen LogP) is 1.43. The van der Waals surface area contributed by atoms with Crippen molar-refractivity contribution in [1.29, 1.82) is 0 Å². The van der Waals surface area contributed by atoms with Gasteiger partial charge in [0.15, 0.2) is 0 Å². The maximum atomic E-state index is 11.5. The Hall–Kier alpha value is -2.25. The highest BCUT2D eigenvalue weighted by atomic mass is 16.5. The number of benzene rings is 1. The third-order valence-electron chi connectivity index (χ3n) is 2.45. The minimum atomic E-state index is -0.0977. The van der Waals surface area contributed by atoms with Crippen LogP contribution in [0.3, 0.4) is 0 Å². The molecule has 106 valence electrons. The number of carbonyl (C=O) groups is 1. The molecule has 0 radical (unpaired) electrons. The lowest BCUT2D eigenvalue weighted by Crippen LogP contribution is -2.21. The van der Waals surface area contributed by atoms with Crippen LogP contribution in [0.25, 0.3) is 0 Å². The summed E-state index contributed by atoms with van der Waals surface area (Å²) >= 11 is 0. The molecule has 1 amide bonds. The Labute approximate surface area is 120 Å². The third-order valence-corrected chi connectivity index (χ3v) is 2.45. The van der Waals surface area contributed by atoms with E-state index in [0.717, 1.165) is 17.9 Å². The zero-order chi connectivity index (χ0) is 14.8. The molecule has 0 saturated heterocycles. The molecule has 20 heavy (non-hydrogen) atoms. The van der Waals surface area contributed by atoms with Crippen molar-refractivity contribution < 1.29 is 9.53 Å². The number of likely N-dealkylation sites (N-methyl/N-ethyl adjacent to an activating group) is 1. The van der Waals surface area contributed by atoms with Gasteiger partial charge in [-0.2, -0.15) is 0 Å². The Balaban J connectivity index is 2.36. The predicted molar refractivity (Wildman–Crippen MR) is 80.3 cm³/mol. The Bertz CT molecular complexity index is 484. The molecule has 1 aromatic rings. The number of ether oxygens (including phenoxy) is 1. The summed E-state index contributed by atoms with van der Waals surface area (Å²) in [4.78, 5) is 13.5. The largest absolute Gasteiger partial charge is 0.481 e. The monoisotopic (exact) mass is 272 g/mol. The molecule has 0 aliphatic heterocycles. The fourth-order valence-electron chi connectivity index (χ4n) is 1.45. The molecule has 0 aliphatic carbocycles. The number of carbonyl (C=O) groups excluding carboxylic acids is 1. The number of hydrogen-bond acceptors (Lipinski definition) is 3. The maximum Gasteiger partial charge on any atom is 0.243 e. The molecule has 4 nitrogen and oxygen atoms in total. The smallest absolute Gasteiger partial charge is 0.243 e. The highest BCUT2D eigenvalue weighted by Gasteiger charge is 1.98. The fourth-order valence-corrected chi connectivity index (χ4v) is 1.45. The quantitative estimate of drug-likeness (QED) is 0.603. The van der Waals surface area contributed by atoms with E-state index in [9.17, 15) is 4.79 Å². The van der Waals surface area contributed by atoms with E-state index in [1.54, 1.807) is 6.08 Å². The average Bonchev–Trinajstić information content (AvgIpc) is 2.43. The Morgan fingerprint density at radius 1 is 1.40 bits per heavy atom. The van der Waals surface area contributed by atoms with Gasteiger partial charge in [0.2, 0.25) is 5.91 Å². The molecule has 0 spiro atoms. The van der Waals surface area contributed by atoms with Gasteiger partial charge in [-0.1, -0.05) is 24.1 Å². The second kappa shape index (κ2) is 8.78. The van der Waals surface area contributed by atoms with Crippen molar-refractivity contribution in [3.8, 4) is 18.1 Å². The first kappa shape index (κ1) is 15.8. The van der Waals surface area contributed by atoms with Gasteiger partial charge in [-0.3, -0.25) is 4.79 Å². The minimum Gasteiger partial charge on any atom is -0.481 e. The highest BCUT2D eigenvalue weighted by molar-refractivity contribution is 5.87. The second-order valence-corrected chi connectivity index (χ2v) is 4.52. The first-order chi connectivity index (χ1) is 9.61. The number of rotatable bonds is 7. The van der Waals surface area contributed by atoms with Gasteiger partial charge in [0.1, 0.15) is 12.4 Å². The summed E-state index contributed by atoms with van der Waals surface area (Å²) in [5.41, 5.74) is 1.01. The van der Waals surface area contributed by atoms with E-state index >= 15 is 0 Å². The summed E-state index contributed by atoms with van der Waals surface area (Å²) in [7, 11) is 3.90. The summed E-state index contributed by atoms with van der Waals surface area (Å²) in [6.07, 6.45) is 8.49. The van der Waals surface area contributed by atoms with Gasteiger partial charge in [-0.15, -0.1) is 6.42 Å². The van der Waals surface area contributed by atoms with Gasteiger partial charge < -0.3 is 15.0 Å². The van der Waals surface area contributed by atoms with E-state index in [0.29, 0.717) is 6.54 Å². The molecule has 0 aliphatic rings. The van der Waals surface area contributed by atoms with Crippen LogP contribution in [0.5, 0.6) is 5.75 Å². The van der Waals surface area contributed by atoms with Crippen LogP contribution >= 0.6 is 0 Å². The first-order valence-electron chi connectivity index (χ1n) is 6.36. The Kier molecular flexibility index (Phi) is 6.94. The van der Waals surface area contributed by atoms with Gasteiger partial charge in [-0.05, 0) is 31.8 Å². The van der Waals surface area contributed by atoms with Crippen LogP contribution in [0.15, 0.2) is 36.4 Å². The molecular weight excluding hydrogens is 252 g/mol. The Morgan fingerprint density at radius 2 is 2.10 bits per heavy atom. The van der Waals surface area contributed by atoms with Crippen molar-refractivity contribution >= 4 is 5.91 Å². The first-order valence-corrected chi connectivity index (χ1v) is 6.36. The number of nitrogens with zero attached hydrogens (tertiary/aromatic N) is 1. The molecule has 0 fully saturated rings. The van der Waals surface area contributed by atoms with Crippen molar-refractivity contribution in [2.75, 3.05) is 27.2 Å². The number of terminal acetylenes is 1. The number of amides is 1. The lowest BCUT2D eigenvalue weighted by molar-refractivity contribution is -0.116. The molecular formula is C16H20N2O2. The van der Waals surface area contributed by atoms with Gasteiger partial charge >= 0.3 is 0 Å². The molecule has 4 heteroatoms. The minimum absolute atomic E-state index is 0.0977. The lowest BCUT2D eigenvalue weighted by atomic mass is 10.2. The topological polar surface area (TPSA) is 41.6 Å². The summed E-state index contributed by atoms with van der Waals surface area (Å²) in [5.74, 6) is 3.04. The van der Waals surface area contributed by atoms with Crippen molar-refractivity contribution in [2.24, 2.45) is 0 Å². The van der Waals surface area contributed by atoms with E-state index in [1.165, 1.54) is 0 Å². The summed E-state index contributed by atoms with van der Waals surface area (Å²) in [6, 6.07) is 7.47. The molecule has 1 N–H and O–H groups in total. The molecule has 0 heterocycles. The summed E-state index contributed by atoms with van der Waals surface area (Å²) < 4.78 is 5.27. The van der Waals surface area contributed by atoms with Crippen molar-refractivity contribution in [1.82, 2.24) is 10.2 Å². The van der Waals surface area contributed by atoms with Crippen LogP contribution in [0.2, 0.25) is 0 Å². The lowest BCUT2D eigenvalue weighted by Gasteiger charge is -2.06. The molecule has 0 aromatic heterocycles. The van der Waals surface area contributed by atoms with E-state index in [-0.39, 0.29) is 12.5 Å². The zero-order valence-electron chi connectivity index (χ0n) is 11.9. The van der Waals surface area contributed by atoms with Crippen LogP contribution in [-0.4, -0.2) is 38.1 Å². The molecule has 1 aromatic carbocycles. The molecule has 0 unspecified atom stereocenters. The fraction of sp³-hybridized carbons (Fsp3) is 0.312. The number of nitrogens with one attached hydrogen (secondary N) is 1. The number of hydrogen-bond donors (Lipinski definition) is 1. The molecule has 0 saturated carbocycles. The van der Waals surface area contributed by atoms with Gasteiger partial charge in [-0.25, -0.2) is 0 Å². The van der Waals surface area contributed by atoms with Crippen LogP contribution in [-0.2, 0) is 11.3 Å². The van der Waals surface area contributed by atoms with E-state index < -0.39 is 0 Å². The van der Waals surface area contributed by atoms with Crippen molar-refractivity contribution in [3.05, 3.63) is 42.0 Å². The van der Waals surface area contributed by atoms with Crippen LogP contribution in [0.4, 0.5) is 0 Å². The van der Waals surface area contributed by atoms with E-state index in [1.807, 2.05) is 49.3 Å². The van der Waals surface area contributed by atoms with Crippen molar-refractivity contribution in [3.63, 3.8) is 0 Å². The van der Waals surface area contributed by atoms with Crippen LogP contribution in [0.1, 0.15) is 5.56 Å². The van der Waals surface area contributed by atoms with E-state index in [4.69, 9.17) is 11.2 Å². The standard InChI is InChI=1S/C16H20N2O2/c1-4-12-20-15-9-7-14(8-10-15)13-17-16(19)6-5-11-18(2)3/h1,5-10H,11-13H2,2-3H3,(H,17,19)/b6-5+. The average molecular weight is 272 g/mol. The van der Waals surface area contributed by atoms with Gasteiger partial charge in [0, 0.05) is 19.2 Å². The van der Waals surface area contributed by atoms with Crippen LogP contribution in [0, 0.1) is 12.3 Å². The normalized spacial score (nSPS) is 10.5. The highest BCUT2D eigenvalue weighted by Crippen LogP contribution is 2.11. The molecule has 1 rings (SSSR count). The maximum absolute atomic E-state index is 11.5. The molecule has 0 bridgehead atoms. The van der Waals surface area contributed by atoms with Crippen molar-refractivity contribution in [2.45, 2.75) is 6.54 Å². The van der Waals surface area contributed by atoms with Crippen LogP contribution < -0.4 is 10.1 Å². The summed E-state index contributed by atoms with van der Waals surface area (Å²) in [5, 5.41) is 2.82. The Morgan fingerprint density at radius 3 is 2.70 bits per heavy atom. The zero-order valence-corrected chi connectivity index (χ0v) is 11.9. The van der Waals surface area contributed by atoms with Gasteiger partial charge in [0.05, 0.1) is 0 Å². The summed E-state index contributed by atoms with van der Waals surface area (Å²) in [6.45, 7) is 1.49. The SMILES string of the molecule is C#CCOc1ccc(CNC(=O)/C=C/CN(C)C)cc1. The third kappa shape index (κ3) is 6.62. The second-order valence-electron chi connectivity index (χ2n) is 4.52.